The molecule has 2 aromatic carbocycles. The van der Waals surface area contributed by atoms with E-state index in [1.165, 1.54) is 7.11 Å². The van der Waals surface area contributed by atoms with Crippen LogP contribution in [0.5, 0.6) is 5.75 Å². The molecule has 1 amide bonds. The standard InChI is InChI=1S/C15H12BrN3O2/c1-21-13-4-2-3-9(8-17)14(13)19-15(20)11-7-10(18)5-6-12(11)16/h2-7H,18H2,1H3,(H,19,20). The molecule has 106 valence electrons. The van der Waals surface area contributed by atoms with Gasteiger partial charge in [-0.05, 0) is 46.3 Å². The summed E-state index contributed by atoms with van der Waals surface area (Å²) < 4.78 is 5.79. The summed E-state index contributed by atoms with van der Waals surface area (Å²) >= 11 is 3.30. The monoisotopic (exact) mass is 345 g/mol. The minimum Gasteiger partial charge on any atom is -0.495 e. The van der Waals surface area contributed by atoms with Crippen molar-refractivity contribution in [1.82, 2.24) is 0 Å². The lowest BCUT2D eigenvalue weighted by Gasteiger charge is -2.12. The van der Waals surface area contributed by atoms with E-state index < -0.39 is 0 Å². The number of nitrogens with one attached hydrogen (secondary N) is 1. The highest BCUT2D eigenvalue weighted by molar-refractivity contribution is 9.10. The number of amides is 1. The Morgan fingerprint density at radius 1 is 1.38 bits per heavy atom. The summed E-state index contributed by atoms with van der Waals surface area (Å²) in [4.78, 5) is 12.4. The van der Waals surface area contributed by atoms with Crippen molar-refractivity contribution in [3.05, 3.63) is 52.0 Å². The first-order valence-corrected chi connectivity index (χ1v) is 6.79. The molecule has 0 aliphatic rings. The minimum atomic E-state index is -0.379. The van der Waals surface area contributed by atoms with Gasteiger partial charge in [-0.3, -0.25) is 4.79 Å². The number of carbonyl (C=O) groups is 1. The smallest absolute Gasteiger partial charge is 0.257 e. The SMILES string of the molecule is COc1cccc(C#N)c1NC(=O)c1cc(N)ccc1Br. The van der Waals surface area contributed by atoms with E-state index in [-0.39, 0.29) is 5.91 Å². The molecule has 6 heteroatoms. The predicted octanol–water partition coefficient (Wildman–Crippen LogP) is 3.16. The third-order valence-electron chi connectivity index (χ3n) is 2.84. The van der Waals surface area contributed by atoms with Crippen LogP contribution >= 0.6 is 15.9 Å². The average Bonchev–Trinajstić information content (AvgIpc) is 2.49. The van der Waals surface area contributed by atoms with E-state index in [0.717, 1.165) is 0 Å². The molecular formula is C15H12BrN3O2. The molecule has 0 bridgehead atoms. The van der Waals surface area contributed by atoms with Gasteiger partial charge in [-0.1, -0.05) is 6.07 Å². The van der Waals surface area contributed by atoms with Crippen LogP contribution in [0.25, 0.3) is 0 Å². The molecule has 0 radical (unpaired) electrons. The van der Waals surface area contributed by atoms with Gasteiger partial charge < -0.3 is 15.8 Å². The lowest BCUT2D eigenvalue weighted by molar-refractivity contribution is 0.102. The zero-order chi connectivity index (χ0) is 15.4. The second-order valence-corrected chi connectivity index (χ2v) is 5.04. The molecule has 0 atom stereocenters. The molecule has 0 heterocycles. The molecule has 2 aromatic rings. The third-order valence-corrected chi connectivity index (χ3v) is 3.53. The van der Waals surface area contributed by atoms with E-state index in [2.05, 4.69) is 21.2 Å². The number of methoxy groups -OCH3 is 1. The molecule has 3 N–H and O–H groups in total. The lowest BCUT2D eigenvalue weighted by atomic mass is 10.1. The van der Waals surface area contributed by atoms with Gasteiger partial charge in [0.15, 0.2) is 0 Å². The zero-order valence-corrected chi connectivity index (χ0v) is 12.8. The second-order valence-electron chi connectivity index (χ2n) is 4.19. The Kier molecular flexibility index (Phi) is 4.45. The van der Waals surface area contributed by atoms with E-state index >= 15 is 0 Å². The first-order chi connectivity index (χ1) is 10.1. The van der Waals surface area contributed by atoms with Gasteiger partial charge in [-0.2, -0.15) is 5.26 Å². The van der Waals surface area contributed by atoms with Crippen LogP contribution in [0.2, 0.25) is 0 Å². The summed E-state index contributed by atoms with van der Waals surface area (Å²) in [6.07, 6.45) is 0. The van der Waals surface area contributed by atoms with Crippen LogP contribution in [0.1, 0.15) is 15.9 Å². The van der Waals surface area contributed by atoms with Gasteiger partial charge in [-0.25, -0.2) is 0 Å². The first-order valence-electron chi connectivity index (χ1n) is 6.00. The molecular weight excluding hydrogens is 334 g/mol. The fourth-order valence-electron chi connectivity index (χ4n) is 1.82. The Morgan fingerprint density at radius 3 is 2.81 bits per heavy atom. The predicted molar refractivity (Wildman–Crippen MR) is 84.2 cm³/mol. The Hall–Kier alpha value is -2.52. The molecule has 5 nitrogen and oxygen atoms in total. The number of hydrogen-bond acceptors (Lipinski definition) is 4. The van der Waals surface area contributed by atoms with Gasteiger partial charge in [0.2, 0.25) is 0 Å². The van der Waals surface area contributed by atoms with Crippen molar-refractivity contribution in [2.45, 2.75) is 0 Å². The van der Waals surface area contributed by atoms with E-state index in [1.54, 1.807) is 36.4 Å². The fraction of sp³-hybridized carbons (Fsp3) is 0.0667. The van der Waals surface area contributed by atoms with Crippen molar-refractivity contribution in [3.63, 3.8) is 0 Å². The number of nitrogens with two attached hydrogens (primary N) is 1. The van der Waals surface area contributed by atoms with E-state index in [4.69, 9.17) is 15.7 Å². The summed E-state index contributed by atoms with van der Waals surface area (Å²) in [7, 11) is 1.47. The third kappa shape index (κ3) is 3.15. The summed E-state index contributed by atoms with van der Waals surface area (Å²) in [6.45, 7) is 0. The van der Waals surface area contributed by atoms with Crippen LogP contribution < -0.4 is 15.8 Å². The number of carbonyl (C=O) groups excluding carboxylic acids is 1. The highest BCUT2D eigenvalue weighted by Gasteiger charge is 2.16. The van der Waals surface area contributed by atoms with Gasteiger partial charge in [-0.15, -0.1) is 0 Å². The van der Waals surface area contributed by atoms with Crippen molar-refractivity contribution in [3.8, 4) is 11.8 Å². The van der Waals surface area contributed by atoms with Crippen molar-refractivity contribution >= 4 is 33.2 Å². The normalized spacial score (nSPS) is 9.76. The van der Waals surface area contributed by atoms with Crippen molar-refractivity contribution < 1.29 is 9.53 Å². The highest BCUT2D eigenvalue weighted by Crippen LogP contribution is 2.29. The van der Waals surface area contributed by atoms with E-state index in [1.807, 2.05) is 6.07 Å². The molecule has 0 spiro atoms. The number of benzene rings is 2. The number of para-hydroxylation sites is 1. The maximum Gasteiger partial charge on any atom is 0.257 e. The molecule has 21 heavy (non-hydrogen) atoms. The highest BCUT2D eigenvalue weighted by atomic mass is 79.9. The number of nitriles is 1. The number of anilines is 2. The van der Waals surface area contributed by atoms with Gasteiger partial charge in [0, 0.05) is 10.2 Å². The van der Waals surface area contributed by atoms with E-state index in [9.17, 15) is 4.79 Å². The Morgan fingerprint density at radius 2 is 2.14 bits per heavy atom. The average molecular weight is 346 g/mol. The molecule has 0 saturated heterocycles. The van der Waals surface area contributed by atoms with Crippen LogP contribution in [0.4, 0.5) is 11.4 Å². The molecule has 0 aliphatic heterocycles. The Bertz CT molecular complexity index is 738. The van der Waals surface area contributed by atoms with Crippen LogP contribution in [0.15, 0.2) is 40.9 Å². The van der Waals surface area contributed by atoms with Crippen molar-refractivity contribution in [1.29, 1.82) is 5.26 Å². The number of rotatable bonds is 3. The van der Waals surface area contributed by atoms with E-state index in [0.29, 0.717) is 32.7 Å². The maximum atomic E-state index is 12.4. The lowest BCUT2D eigenvalue weighted by Crippen LogP contribution is -2.14. The molecule has 0 saturated carbocycles. The fourth-order valence-corrected chi connectivity index (χ4v) is 2.25. The zero-order valence-electron chi connectivity index (χ0n) is 11.2. The van der Waals surface area contributed by atoms with Gasteiger partial charge in [0.1, 0.15) is 17.5 Å². The Labute approximate surface area is 130 Å². The molecule has 0 fully saturated rings. The summed E-state index contributed by atoms with van der Waals surface area (Å²) in [5.41, 5.74) is 7.21. The van der Waals surface area contributed by atoms with Gasteiger partial charge in [0.25, 0.3) is 5.91 Å². The number of nitrogen functional groups attached to an aromatic ring is 1. The maximum absolute atomic E-state index is 12.4. The number of hydrogen-bond donors (Lipinski definition) is 2. The molecule has 0 unspecified atom stereocenters. The molecule has 2 rings (SSSR count). The van der Waals surface area contributed by atoms with Gasteiger partial charge in [0.05, 0.1) is 18.2 Å². The number of ether oxygens (including phenoxy) is 1. The minimum absolute atomic E-state index is 0.322. The van der Waals surface area contributed by atoms with Crippen LogP contribution in [-0.4, -0.2) is 13.0 Å². The van der Waals surface area contributed by atoms with Crippen molar-refractivity contribution in [2.75, 3.05) is 18.2 Å². The summed E-state index contributed by atoms with van der Waals surface area (Å²) in [5, 5.41) is 11.8. The topological polar surface area (TPSA) is 88.1 Å². The number of nitrogens with zero attached hydrogens (tertiary/aromatic N) is 1. The van der Waals surface area contributed by atoms with Crippen LogP contribution in [0.3, 0.4) is 0 Å². The van der Waals surface area contributed by atoms with Gasteiger partial charge >= 0.3 is 0 Å². The first kappa shape index (κ1) is 14.9. The second kappa shape index (κ2) is 6.29. The largest absolute Gasteiger partial charge is 0.495 e. The van der Waals surface area contributed by atoms with Crippen LogP contribution in [-0.2, 0) is 0 Å². The summed E-state index contributed by atoms with van der Waals surface area (Å²) in [6, 6.07) is 11.9. The van der Waals surface area contributed by atoms with Crippen LogP contribution in [0, 0.1) is 11.3 Å². The quantitative estimate of drug-likeness (QED) is 0.836. The van der Waals surface area contributed by atoms with Crippen molar-refractivity contribution in [2.24, 2.45) is 0 Å². The number of halogens is 1. The molecule has 0 aromatic heterocycles. The summed E-state index contributed by atoms with van der Waals surface area (Å²) in [5.74, 6) is 0.0394. The molecule has 0 aliphatic carbocycles. The Balaban J connectivity index is 2.41.